The zero-order chi connectivity index (χ0) is 14.8. The quantitative estimate of drug-likeness (QED) is 0.767. The number of nitrogens with one attached hydrogen (secondary N) is 1. The van der Waals surface area contributed by atoms with Gasteiger partial charge in [-0.3, -0.25) is 0 Å². The molecule has 2 rings (SSSR count). The summed E-state index contributed by atoms with van der Waals surface area (Å²) in [6, 6.07) is 6.30. The lowest BCUT2D eigenvalue weighted by atomic mass is 9.61. The lowest BCUT2D eigenvalue weighted by Crippen LogP contribution is -2.63. The average molecular weight is 361 g/mol. The number of ether oxygens (including phenoxy) is 1. The Labute approximate surface area is 135 Å². The molecule has 0 heterocycles. The first-order valence-electron chi connectivity index (χ1n) is 7.36. The zero-order valence-corrected chi connectivity index (χ0v) is 14.7. The van der Waals surface area contributed by atoms with Gasteiger partial charge in [-0.15, -0.1) is 0 Å². The van der Waals surface area contributed by atoms with Crippen LogP contribution in [0, 0.1) is 5.41 Å². The van der Waals surface area contributed by atoms with E-state index in [0.29, 0.717) is 11.1 Å². The minimum absolute atomic E-state index is 0.181. The van der Waals surface area contributed by atoms with Crippen molar-refractivity contribution in [3.8, 4) is 5.75 Å². The molecule has 0 aromatic heterocycles. The largest absolute Gasteiger partial charge is 0.488 e. The predicted molar refractivity (Wildman–Crippen MR) is 88.7 cm³/mol. The SMILES string of the molecule is CCCNC1CC(Oc2cc(Br)ccc2Cl)C1(C)CC. The second kappa shape index (κ2) is 6.67. The smallest absolute Gasteiger partial charge is 0.139 e. The molecule has 1 aromatic carbocycles. The third-order valence-corrected chi connectivity index (χ3v) is 5.35. The maximum Gasteiger partial charge on any atom is 0.139 e. The van der Waals surface area contributed by atoms with Crippen LogP contribution in [-0.2, 0) is 0 Å². The summed E-state index contributed by atoms with van der Waals surface area (Å²) >= 11 is 9.68. The van der Waals surface area contributed by atoms with Crippen LogP contribution in [0.25, 0.3) is 0 Å². The van der Waals surface area contributed by atoms with Crippen LogP contribution in [0.5, 0.6) is 5.75 Å². The van der Waals surface area contributed by atoms with Crippen molar-refractivity contribution in [2.75, 3.05) is 6.54 Å². The van der Waals surface area contributed by atoms with E-state index in [2.05, 4.69) is 42.0 Å². The standard InChI is InChI=1S/C16H23BrClNO/c1-4-8-19-14-10-15(16(14,3)5-2)20-13-9-11(17)6-7-12(13)18/h6-7,9,14-15,19H,4-5,8,10H2,1-3H3. The monoisotopic (exact) mass is 359 g/mol. The molecule has 2 nitrogen and oxygen atoms in total. The molecule has 3 atom stereocenters. The summed E-state index contributed by atoms with van der Waals surface area (Å²) in [5.74, 6) is 0.777. The number of hydrogen-bond donors (Lipinski definition) is 1. The van der Waals surface area contributed by atoms with Gasteiger partial charge in [0.25, 0.3) is 0 Å². The number of rotatable bonds is 6. The number of halogens is 2. The third kappa shape index (κ3) is 3.15. The van der Waals surface area contributed by atoms with Crippen LogP contribution in [0.1, 0.15) is 40.0 Å². The van der Waals surface area contributed by atoms with E-state index in [-0.39, 0.29) is 11.5 Å². The molecule has 0 aliphatic heterocycles. The molecule has 1 aliphatic carbocycles. The van der Waals surface area contributed by atoms with E-state index in [1.807, 2.05) is 18.2 Å². The Morgan fingerprint density at radius 2 is 2.20 bits per heavy atom. The summed E-state index contributed by atoms with van der Waals surface area (Å²) in [5.41, 5.74) is 0.181. The van der Waals surface area contributed by atoms with Crippen LogP contribution in [0.3, 0.4) is 0 Å². The molecule has 20 heavy (non-hydrogen) atoms. The van der Waals surface area contributed by atoms with Crippen molar-refractivity contribution in [1.29, 1.82) is 0 Å². The summed E-state index contributed by atoms with van der Waals surface area (Å²) in [7, 11) is 0. The molecule has 1 fully saturated rings. The second-order valence-corrected chi connectivity index (χ2v) is 7.11. The van der Waals surface area contributed by atoms with Crippen molar-refractivity contribution in [3.63, 3.8) is 0 Å². The first-order valence-corrected chi connectivity index (χ1v) is 8.53. The van der Waals surface area contributed by atoms with Crippen molar-refractivity contribution in [2.24, 2.45) is 5.41 Å². The van der Waals surface area contributed by atoms with Gasteiger partial charge >= 0.3 is 0 Å². The fourth-order valence-electron chi connectivity index (χ4n) is 2.83. The fourth-order valence-corrected chi connectivity index (χ4v) is 3.33. The molecule has 0 radical (unpaired) electrons. The third-order valence-electron chi connectivity index (χ3n) is 4.55. The summed E-state index contributed by atoms with van der Waals surface area (Å²) in [6.07, 6.45) is 3.55. The van der Waals surface area contributed by atoms with Gasteiger partial charge in [0.1, 0.15) is 11.9 Å². The van der Waals surface area contributed by atoms with Crippen LogP contribution < -0.4 is 10.1 Å². The Morgan fingerprint density at radius 3 is 2.85 bits per heavy atom. The van der Waals surface area contributed by atoms with Crippen LogP contribution in [0.4, 0.5) is 0 Å². The van der Waals surface area contributed by atoms with Crippen LogP contribution in [0.15, 0.2) is 22.7 Å². The predicted octanol–water partition coefficient (Wildman–Crippen LogP) is 5.04. The van der Waals surface area contributed by atoms with E-state index in [4.69, 9.17) is 16.3 Å². The van der Waals surface area contributed by atoms with E-state index in [1.165, 1.54) is 6.42 Å². The normalized spacial score (nSPS) is 29.1. The van der Waals surface area contributed by atoms with Crippen LogP contribution >= 0.6 is 27.5 Å². The van der Waals surface area contributed by atoms with E-state index in [9.17, 15) is 0 Å². The van der Waals surface area contributed by atoms with Gasteiger partial charge in [-0.05, 0) is 37.6 Å². The molecular weight excluding hydrogens is 338 g/mol. The van der Waals surface area contributed by atoms with Gasteiger partial charge < -0.3 is 10.1 Å². The van der Waals surface area contributed by atoms with Gasteiger partial charge in [-0.2, -0.15) is 0 Å². The van der Waals surface area contributed by atoms with E-state index < -0.39 is 0 Å². The van der Waals surface area contributed by atoms with Crippen LogP contribution in [0.2, 0.25) is 5.02 Å². The molecule has 1 aromatic rings. The van der Waals surface area contributed by atoms with E-state index in [0.717, 1.165) is 29.6 Å². The molecule has 0 spiro atoms. The Hall–Kier alpha value is -0.250. The fraction of sp³-hybridized carbons (Fsp3) is 0.625. The highest BCUT2D eigenvalue weighted by Crippen LogP contribution is 2.47. The molecule has 1 saturated carbocycles. The number of benzene rings is 1. The van der Waals surface area contributed by atoms with Crippen molar-refractivity contribution in [3.05, 3.63) is 27.7 Å². The van der Waals surface area contributed by atoms with Gasteiger partial charge in [0, 0.05) is 22.4 Å². The highest BCUT2D eigenvalue weighted by Gasteiger charge is 2.51. The Balaban J connectivity index is 2.05. The molecule has 0 amide bonds. The lowest BCUT2D eigenvalue weighted by Gasteiger charge is -2.53. The van der Waals surface area contributed by atoms with Crippen LogP contribution in [-0.4, -0.2) is 18.7 Å². The summed E-state index contributed by atoms with van der Waals surface area (Å²) in [5, 5.41) is 4.31. The first-order chi connectivity index (χ1) is 9.51. The van der Waals surface area contributed by atoms with Crippen molar-refractivity contribution in [1.82, 2.24) is 5.32 Å². The second-order valence-electron chi connectivity index (χ2n) is 5.78. The topological polar surface area (TPSA) is 21.3 Å². The van der Waals surface area contributed by atoms with Gasteiger partial charge in [-0.25, -0.2) is 0 Å². The minimum atomic E-state index is 0.181. The van der Waals surface area contributed by atoms with Crippen molar-refractivity contribution in [2.45, 2.75) is 52.2 Å². The van der Waals surface area contributed by atoms with Gasteiger partial charge in [0.05, 0.1) is 5.02 Å². The molecule has 112 valence electrons. The highest BCUT2D eigenvalue weighted by atomic mass is 79.9. The molecule has 0 saturated heterocycles. The molecule has 1 N–H and O–H groups in total. The van der Waals surface area contributed by atoms with Gasteiger partial charge in [-0.1, -0.05) is 48.3 Å². The highest BCUT2D eigenvalue weighted by molar-refractivity contribution is 9.10. The summed E-state index contributed by atoms with van der Waals surface area (Å²) in [4.78, 5) is 0. The maximum absolute atomic E-state index is 6.22. The minimum Gasteiger partial charge on any atom is -0.488 e. The maximum atomic E-state index is 6.22. The van der Waals surface area contributed by atoms with E-state index >= 15 is 0 Å². The van der Waals surface area contributed by atoms with Crippen molar-refractivity contribution < 1.29 is 4.74 Å². The molecular formula is C16H23BrClNO. The molecule has 3 unspecified atom stereocenters. The molecule has 0 bridgehead atoms. The average Bonchev–Trinajstić information content (AvgIpc) is 2.44. The first kappa shape index (κ1) is 16.1. The van der Waals surface area contributed by atoms with E-state index in [1.54, 1.807) is 0 Å². The molecule has 1 aliphatic rings. The summed E-state index contributed by atoms with van der Waals surface area (Å²) in [6.45, 7) is 7.81. The lowest BCUT2D eigenvalue weighted by molar-refractivity contribution is -0.0701. The molecule has 4 heteroatoms. The Morgan fingerprint density at radius 1 is 1.45 bits per heavy atom. The zero-order valence-electron chi connectivity index (χ0n) is 12.4. The summed E-state index contributed by atoms with van der Waals surface area (Å²) < 4.78 is 7.17. The van der Waals surface area contributed by atoms with Gasteiger partial charge in [0.15, 0.2) is 0 Å². The van der Waals surface area contributed by atoms with Gasteiger partial charge in [0.2, 0.25) is 0 Å². The Bertz CT molecular complexity index is 468. The van der Waals surface area contributed by atoms with Crippen molar-refractivity contribution >= 4 is 27.5 Å². The number of hydrogen-bond acceptors (Lipinski definition) is 2. The Kier molecular flexibility index (Phi) is 5.38.